The summed E-state index contributed by atoms with van der Waals surface area (Å²) in [7, 11) is 3.41. The predicted octanol–water partition coefficient (Wildman–Crippen LogP) is 2.63. The minimum atomic E-state index is -2.93. The highest BCUT2D eigenvalue weighted by Gasteiger charge is 2.41. The zero-order chi connectivity index (χ0) is 15.6. The van der Waals surface area contributed by atoms with E-state index in [0.29, 0.717) is 22.6 Å². The van der Waals surface area contributed by atoms with E-state index in [0.717, 1.165) is 0 Å². The van der Waals surface area contributed by atoms with Gasteiger partial charge in [-0.15, -0.1) is 0 Å². The number of ether oxygens (including phenoxy) is 3. The van der Waals surface area contributed by atoms with Crippen molar-refractivity contribution in [2.45, 2.75) is 25.9 Å². The molecule has 0 saturated carbocycles. The molecule has 1 rings (SSSR count). The molecule has 5 nitrogen and oxygen atoms in total. The third kappa shape index (κ3) is 2.79. The van der Waals surface area contributed by atoms with E-state index >= 15 is 0 Å². The lowest BCUT2D eigenvalue weighted by Gasteiger charge is -2.33. The van der Waals surface area contributed by atoms with Crippen LogP contribution in [0.2, 0.25) is 0 Å². The first-order valence-corrected chi connectivity index (χ1v) is 8.05. The summed E-state index contributed by atoms with van der Waals surface area (Å²) in [6.45, 7) is 5.77. The van der Waals surface area contributed by atoms with Crippen LogP contribution < -0.4 is 24.6 Å². The number of methoxy groups -OCH3 is 3. The van der Waals surface area contributed by atoms with E-state index in [1.807, 2.05) is 20.8 Å². The molecule has 0 aliphatic heterocycles. The van der Waals surface area contributed by atoms with Crippen LogP contribution in [0.15, 0.2) is 12.1 Å². The SMILES string of the molecule is CNP(=O)(c1c(OC)cc(OC)cc1OC)C(C)(C)C. The van der Waals surface area contributed by atoms with Gasteiger partial charge in [0, 0.05) is 17.3 Å². The van der Waals surface area contributed by atoms with Gasteiger partial charge in [-0.2, -0.15) is 0 Å². The molecule has 0 aliphatic rings. The Morgan fingerprint density at radius 2 is 1.45 bits per heavy atom. The molecule has 0 heterocycles. The molecule has 0 aromatic heterocycles. The number of hydrogen-bond donors (Lipinski definition) is 1. The van der Waals surface area contributed by atoms with Crippen LogP contribution in [0, 0.1) is 0 Å². The van der Waals surface area contributed by atoms with Crippen molar-refractivity contribution in [1.82, 2.24) is 5.09 Å². The van der Waals surface area contributed by atoms with Crippen LogP contribution in [-0.4, -0.2) is 33.5 Å². The second kappa shape index (κ2) is 6.06. The van der Waals surface area contributed by atoms with E-state index in [2.05, 4.69) is 5.09 Å². The van der Waals surface area contributed by atoms with Crippen molar-refractivity contribution in [3.05, 3.63) is 12.1 Å². The van der Waals surface area contributed by atoms with E-state index in [-0.39, 0.29) is 0 Å². The van der Waals surface area contributed by atoms with E-state index < -0.39 is 12.4 Å². The Morgan fingerprint density at radius 3 is 1.70 bits per heavy atom. The fraction of sp³-hybridized carbons (Fsp3) is 0.571. The molecule has 1 atom stereocenters. The zero-order valence-corrected chi connectivity index (χ0v) is 14.1. The molecule has 0 radical (unpaired) electrons. The maximum absolute atomic E-state index is 13.5. The summed E-state index contributed by atoms with van der Waals surface area (Å²) < 4.78 is 29.5. The Bertz CT molecular complexity index is 497. The minimum absolute atomic E-state index is 0.475. The predicted molar refractivity (Wildman–Crippen MR) is 82.2 cm³/mol. The second-order valence-electron chi connectivity index (χ2n) is 5.38. The van der Waals surface area contributed by atoms with Crippen LogP contribution in [0.3, 0.4) is 0 Å². The van der Waals surface area contributed by atoms with E-state index in [9.17, 15) is 4.57 Å². The Labute approximate surface area is 121 Å². The van der Waals surface area contributed by atoms with Gasteiger partial charge in [0.25, 0.3) is 0 Å². The van der Waals surface area contributed by atoms with Gasteiger partial charge in [-0.25, -0.2) is 0 Å². The van der Waals surface area contributed by atoms with Crippen LogP contribution in [-0.2, 0) is 4.57 Å². The molecule has 0 saturated heterocycles. The first-order valence-electron chi connectivity index (χ1n) is 6.35. The monoisotopic (exact) mass is 301 g/mol. The summed E-state index contributed by atoms with van der Waals surface area (Å²) in [5, 5.41) is 3.06. The molecule has 0 amide bonds. The smallest absolute Gasteiger partial charge is 0.188 e. The molecule has 6 heteroatoms. The standard InChI is InChI=1S/C14H24NO4P/c1-14(2,3)20(16,15-4)13-11(18-6)8-10(17-5)9-12(13)19-7/h8-9H,1-7H3,(H,15,16). The molecular formula is C14H24NO4P. The van der Waals surface area contributed by atoms with Crippen molar-refractivity contribution < 1.29 is 18.8 Å². The van der Waals surface area contributed by atoms with Crippen molar-refractivity contribution in [2.75, 3.05) is 28.4 Å². The van der Waals surface area contributed by atoms with Gasteiger partial charge >= 0.3 is 0 Å². The van der Waals surface area contributed by atoms with E-state index in [1.54, 1.807) is 40.5 Å². The maximum atomic E-state index is 13.5. The second-order valence-corrected chi connectivity index (χ2v) is 8.84. The number of hydrogen-bond acceptors (Lipinski definition) is 4. The largest absolute Gasteiger partial charge is 0.496 e. The lowest BCUT2D eigenvalue weighted by atomic mass is 10.2. The molecule has 114 valence electrons. The first-order chi connectivity index (χ1) is 9.25. The van der Waals surface area contributed by atoms with E-state index in [1.165, 1.54) is 0 Å². The van der Waals surface area contributed by atoms with Gasteiger partial charge in [-0.1, -0.05) is 20.8 Å². The Hall–Kier alpha value is -1.19. The molecule has 0 aliphatic carbocycles. The summed E-state index contributed by atoms with van der Waals surface area (Å²) in [5.41, 5.74) is 0. The van der Waals surface area contributed by atoms with Gasteiger partial charge < -0.3 is 18.8 Å². The number of rotatable bonds is 5. The summed E-state index contributed by atoms with van der Waals surface area (Å²) in [6.07, 6.45) is 0. The molecule has 1 aromatic carbocycles. The van der Waals surface area contributed by atoms with E-state index in [4.69, 9.17) is 14.2 Å². The summed E-state index contributed by atoms with van der Waals surface area (Å²) in [6, 6.07) is 3.43. The maximum Gasteiger partial charge on any atom is 0.188 e. The van der Waals surface area contributed by atoms with Crippen LogP contribution >= 0.6 is 7.29 Å². The fourth-order valence-electron chi connectivity index (χ4n) is 2.08. The normalized spacial score (nSPS) is 14.6. The molecule has 20 heavy (non-hydrogen) atoms. The average molecular weight is 301 g/mol. The molecule has 0 bridgehead atoms. The highest BCUT2D eigenvalue weighted by molar-refractivity contribution is 7.71. The van der Waals surface area contributed by atoms with Crippen molar-refractivity contribution in [3.8, 4) is 17.2 Å². The minimum Gasteiger partial charge on any atom is -0.496 e. The van der Waals surface area contributed by atoms with Crippen molar-refractivity contribution in [2.24, 2.45) is 0 Å². The van der Waals surface area contributed by atoms with Crippen molar-refractivity contribution >= 4 is 12.6 Å². The van der Waals surface area contributed by atoms with Crippen LogP contribution in [0.4, 0.5) is 0 Å². The topological polar surface area (TPSA) is 56.8 Å². The van der Waals surface area contributed by atoms with Crippen LogP contribution in [0.25, 0.3) is 0 Å². The third-order valence-corrected chi connectivity index (χ3v) is 6.85. The quantitative estimate of drug-likeness (QED) is 0.847. The van der Waals surface area contributed by atoms with Gasteiger partial charge in [0.15, 0.2) is 7.29 Å². The highest BCUT2D eigenvalue weighted by Crippen LogP contribution is 2.56. The lowest BCUT2D eigenvalue weighted by molar-refractivity contribution is 0.379. The number of benzene rings is 1. The van der Waals surface area contributed by atoms with Gasteiger partial charge in [-0.05, 0) is 7.05 Å². The fourth-order valence-corrected chi connectivity index (χ4v) is 4.58. The number of nitrogens with one attached hydrogen (secondary N) is 1. The lowest BCUT2D eigenvalue weighted by Crippen LogP contribution is -2.32. The van der Waals surface area contributed by atoms with Crippen LogP contribution in [0.1, 0.15) is 20.8 Å². The molecule has 0 spiro atoms. The first kappa shape index (κ1) is 16.9. The molecule has 1 N–H and O–H groups in total. The summed E-state index contributed by atoms with van der Waals surface area (Å²) in [4.78, 5) is 0. The summed E-state index contributed by atoms with van der Waals surface area (Å²) >= 11 is 0. The van der Waals surface area contributed by atoms with Crippen molar-refractivity contribution in [3.63, 3.8) is 0 Å². The molecule has 1 unspecified atom stereocenters. The van der Waals surface area contributed by atoms with Gasteiger partial charge in [-0.3, -0.25) is 5.09 Å². The van der Waals surface area contributed by atoms with Crippen LogP contribution in [0.5, 0.6) is 17.2 Å². The highest BCUT2D eigenvalue weighted by atomic mass is 31.2. The molecule has 1 aromatic rings. The Balaban J connectivity index is 3.69. The van der Waals surface area contributed by atoms with Gasteiger partial charge in [0.2, 0.25) is 0 Å². The van der Waals surface area contributed by atoms with Crippen molar-refractivity contribution in [1.29, 1.82) is 0 Å². The Kier molecular flexibility index (Phi) is 5.11. The Morgan fingerprint density at radius 1 is 1.00 bits per heavy atom. The zero-order valence-electron chi connectivity index (χ0n) is 13.2. The van der Waals surface area contributed by atoms with Gasteiger partial charge in [0.1, 0.15) is 22.6 Å². The van der Waals surface area contributed by atoms with Gasteiger partial charge in [0.05, 0.1) is 21.3 Å². The molecular weight excluding hydrogens is 277 g/mol. The average Bonchev–Trinajstić information content (AvgIpc) is 2.43. The summed E-state index contributed by atoms with van der Waals surface area (Å²) in [5.74, 6) is 1.58. The third-order valence-electron chi connectivity index (χ3n) is 3.26. The molecule has 0 fully saturated rings.